The van der Waals surface area contributed by atoms with E-state index >= 15 is 0 Å². The molecule has 2 aromatic heterocycles. The summed E-state index contributed by atoms with van der Waals surface area (Å²) in [7, 11) is 0. The van der Waals surface area contributed by atoms with Crippen molar-refractivity contribution in [2.24, 2.45) is 0 Å². The number of fused-ring (bicyclic) bond motifs is 1. The van der Waals surface area contributed by atoms with E-state index in [4.69, 9.17) is 9.84 Å². The molecule has 19 heavy (non-hydrogen) atoms. The van der Waals surface area contributed by atoms with Gasteiger partial charge in [0.15, 0.2) is 0 Å². The van der Waals surface area contributed by atoms with Gasteiger partial charge in [-0.3, -0.25) is 0 Å². The van der Waals surface area contributed by atoms with Crippen LogP contribution in [0, 0.1) is 0 Å². The van der Waals surface area contributed by atoms with Crippen LogP contribution in [0.4, 0.5) is 0 Å². The van der Waals surface area contributed by atoms with Gasteiger partial charge in [-0.25, -0.2) is 9.78 Å². The van der Waals surface area contributed by atoms with E-state index in [1.807, 2.05) is 18.2 Å². The largest absolute Gasteiger partial charge is 0.477 e. The Hall–Kier alpha value is -2.89. The lowest BCUT2D eigenvalue weighted by atomic mass is 10.3. The number of benzene rings is 1. The van der Waals surface area contributed by atoms with Crippen molar-refractivity contribution in [3.05, 3.63) is 48.4 Å². The average Bonchev–Trinajstić information content (AvgIpc) is 2.85. The first-order chi connectivity index (χ1) is 9.24. The lowest BCUT2D eigenvalue weighted by Gasteiger charge is -2.04. The minimum atomic E-state index is -1.05. The van der Waals surface area contributed by atoms with Crippen LogP contribution in [0.15, 0.2) is 42.7 Å². The van der Waals surface area contributed by atoms with Crippen molar-refractivity contribution in [1.29, 1.82) is 0 Å². The number of carboxylic acids is 1. The molecule has 0 bridgehead atoms. The number of aromatic carboxylic acids is 1. The number of aromatic nitrogens is 3. The molecular formula is C13H9N3O3. The van der Waals surface area contributed by atoms with Crippen molar-refractivity contribution >= 4 is 17.0 Å². The van der Waals surface area contributed by atoms with Gasteiger partial charge < -0.3 is 14.8 Å². The van der Waals surface area contributed by atoms with Gasteiger partial charge in [-0.05, 0) is 18.2 Å². The number of carbonyl (C=O) groups is 1. The van der Waals surface area contributed by atoms with Crippen LogP contribution in [0.2, 0.25) is 0 Å². The molecule has 3 aromatic rings. The molecule has 2 N–H and O–H groups in total. The van der Waals surface area contributed by atoms with Crippen LogP contribution in [-0.2, 0) is 0 Å². The lowest BCUT2D eigenvalue weighted by molar-refractivity contribution is 0.0691. The Labute approximate surface area is 107 Å². The molecule has 0 aliphatic carbocycles. The molecule has 6 nitrogen and oxygen atoms in total. The number of hydrogen-bond acceptors (Lipinski definition) is 4. The van der Waals surface area contributed by atoms with E-state index in [2.05, 4.69) is 15.0 Å². The zero-order valence-corrected chi connectivity index (χ0v) is 9.70. The number of hydrogen-bond donors (Lipinski definition) is 2. The van der Waals surface area contributed by atoms with E-state index in [-0.39, 0.29) is 5.69 Å². The molecule has 0 amide bonds. The molecule has 0 aliphatic heterocycles. The summed E-state index contributed by atoms with van der Waals surface area (Å²) in [6.07, 6.45) is 1.33. The summed E-state index contributed by atoms with van der Waals surface area (Å²) < 4.78 is 5.61. The van der Waals surface area contributed by atoms with Crippen LogP contribution >= 0.6 is 0 Å². The zero-order chi connectivity index (χ0) is 13.2. The predicted molar refractivity (Wildman–Crippen MR) is 67.4 cm³/mol. The molecule has 6 heteroatoms. The lowest BCUT2D eigenvalue weighted by Crippen LogP contribution is -1.95. The van der Waals surface area contributed by atoms with E-state index in [1.165, 1.54) is 12.4 Å². The summed E-state index contributed by atoms with van der Waals surface area (Å²) in [5.41, 5.74) is 1.01. The summed E-state index contributed by atoms with van der Waals surface area (Å²) in [5.74, 6) is -0.138. The Kier molecular flexibility index (Phi) is 2.60. The maximum absolute atomic E-state index is 10.9. The molecule has 0 saturated carbocycles. The fourth-order valence-corrected chi connectivity index (χ4v) is 1.71. The van der Waals surface area contributed by atoms with Crippen LogP contribution in [0.25, 0.3) is 11.0 Å². The van der Waals surface area contributed by atoms with Gasteiger partial charge in [0.1, 0.15) is 23.3 Å². The highest BCUT2D eigenvalue weighted by Crippen LogP contribution is 2.26. The zero-order valence-electron chi connectivity index (χ0n) is 9.70. The van der Waals surface area contributed by atoms with Gasteiger partial charge in [-0.1, -0.05) is 18.2 Å². The first-order valence-electron chi connectivity index (χ1n) is 5.54. The van der Waals surface area contributed by atoms with Gasteiger partial charge in [0.05, 0.1) is 5.52 Å². The minimum absolute atomic E-state index is 0.0495. The van der Waals surface area contributed by atoms with Crippen molar-refractivity contribution in [1.82, 2.24) is 15.0 Å². The Morgan fingerprint density at radius 3 is 2.74 bits per heavy atom. The Morgan fingerprint density at radius 1 is 1.21 bits per heavy atom. The quantitative estimate of drug-likeness (QED) is 0.750. The first kappa shape index (κ1) is 11.2. The number of ether oxygens (including phenoxy) is 1. The smallest absolute Gasteiger partial charge is 0.352 e. The summed E-state index contributed by atoms with van der Waals surface area (Å²) in [6, 6.07) is 10.6. The normalized spacial score (nSPS) is 10.5. The monoisotopic (exact) mass is 255 g/mol. The molecule has 94 valence electrons. The third kappa shape index (κ3) is 2.11. The van der Waals surface area contributed by atoms with E-state index in [0.29, 0.717) is 22.7 Å². The maximum Gasteiger partial charge on any atom is 0.352 e. The second kappa shape index (κ2) is 4.41. The fourth-order valence-electron chi connectivity index (χ4n) is 1.71. The predicted octanol–water partition coefficient (Wildman–Crippen LogP) is 2.45. The molecule has 2 heterocycles. The molecule has 0 fully saturated rings. The number of nitrogens with one attached hydrogen (secondary N) is 1. The maximum atomic E-state index is 10.9. The van der Waals surface area contributed by atoms with Crippen LogP contribution in [0.3, 0.4) is 0 Å². The molecule has 0 atom stereocenters. The summed E-state index contributed by atoms with van der Waals surface area (Å²) >= 11 is 0. The third-order valence-corrected chi connectivity index (χ3v) is 2.57. The number of aromatic amines is 1. The number of H-pyrrole nitrogens is 1. The average molecular weight is 255 g/mol. The van der Waals surface area contributed by atoms with Gasteiger partial charge >= 0.3 is 5.97 Å². The molecular weight excluding hydrogens is 246 g/mol. The standard InChI is InChI=1S/C13H9N3O3/c17-13(18)10-6-9-11(16-10)12(15-7-14-9)19-8-4-2-1-3-5-8/h1-7,16H,(H,17,18). The number of nitrogens with zero attached hydrogens (tertiary/aromatic N) is 2. The second-order valence-electron chi connectivity index (χ2n) is 3.84. The van der Waals surface area contributed by atoms with Gasteiger partial charge in [-0.2, -0.15) is 4.98 Å². The van der Waals surface area contributed by atoms with Crippen molar-refractivity contribution in [3.63, 3.8) is 0 Å². The van der Waals surface area contributed by atoms with Crippen molar-refractivity contribution in [3.8, 4) is 11.6 Å². The number of carboxylic acid groups (broad SMARTS) is 1. The molecule has 0 radical (unpaired) electrons. The van der Waals surface area contributed by atoms with Gasteiger partial charge in [0.2, 0.25) is 5.88 Å². The van der Waals surface area contributed by atoms with Crippen molar-refractivity contribution in [2.45, 2.75) is 0 Å². The molecule has 0 spiro atoms. The molecule has 1 aromatic carbocycles. The van der Waals surface area contributed by atoms with E-state index < -0.39 is 5.97 Å². The second-order valence-corrected chi connectivity index (χ2v) is 3.84. The molecule has 0 saturated heterocycles. The van der Waals surface area contributed by atoms with Gasteiger partial charge in [0, 0.05) is 0 Å². The molecule has 0 aliphatic rings. The van der Waals surface area contributed by atoms with E-state index in [9.17, 15) is 4.79 Å². The van der Waals surface area contributed by atoms with Crippen LogP contribution in [-0.4, -0.2) is 26.0 Å². The summed E-state index contributed by atoms with van der Waals surface area (Å²) in [5, 5.41) is 8.95. The number of rotatable bonds is 3. The van der Waals surface area contributed by atoms with E-state index in [1.54, 1.807) is 12.1 Å². The summed E-state index contributed by atoms with van der Waals surface area (Å²) in [6.45, 7) is 0. The highest BCUT2D eigenvalue weighted by molar-refractivity contribution is 5.93. The Morgan fingerprint density at radius 2 is 2.00 bits per heavy atom. The summed E-state index contributed by atoms with van der Waals surface area (Å²) in [4.78, 5) is 21.7. The fraction of sp³-hybridized carbons (Fsp3) is 0. The third-order valence-electron chi connectivity index (χ3n) is 2.57. The molecule has 3 rings (SSSR count). The first-order valence-corrected chi connectivity index (χ1v) is 5.54. The van der Waals surface area contributed by atoms with Gasteiger partial charge in [0.25, 0.3) is 0 Å². The van der Waals surface area contributed by atoms with Crippen molar-refractivity contribution < 1.29 is 14.6 Å². The van der Waals surface area contributed by atoms with Crippen LogP contribution < -0.4 is 4.74 Å². The topological polar surface area (TPSA) is 88.1 Å². The van der Waals surface area contributed by atoms with Crippen LogP contribution in [0.5, 0.6) is 11.6 Å². The van der Waals surface area contributed by atoms with Crippen molar-refractivity contribution in [2.75, 3.05) is 0 Å². The Balaban J connectivity index is 2.06. The Bertz CT molecular complexity index is 737. The number of para-hydroxylation sites is 1. The van der Waals surface area contributed by atoms with E-state index in [0.717, 1.165) is 0 Å². The van der Waals surface area contributed by atoms with Crippen LogP contribution in [0.1, 0.15) is 10.5 Å². The highest BCUT2D eigenvalue weighted by Gasteiger charge is 2.13. The van der Waals surface area contributed by atoms with Gasteiger partial charge in [-0.15, -0.1) is 0 Å². The molecule has 0 unspecified atom stereocenters. The highest BCUT2D eigenvalue weighted by atomic mass is 16.5. The SMILES string of the molecule is O=C(O)c1cc2ncnc(Oc3ccccc3)c2[nH]1. The minimum Gasteiger partial charge on any atom is -0.477 e.